The number of carboxylic acids is 5. The molecule has 1 saturated heterocycles. The van der Waals surface area contributed by atoms with Gasteiger partial charge in [-0.2, -0.15) is 0 Å². The molecular weight excluding hydrogens is 1310 g/mol. The molecule has 0 spiro atoms. The lowest BCUT2D eigenvalue weighted by molar-refractivity contribution is -0.212. The Kier molecular flexibility index (Phi) is 34.6. The first-order valence-electron chi connectivity index (χ1n) is 33.6. The topological polar surface area (TPSA) is 530 Å². The molecule has 3 rings (SSSR count). The summed E-state index contributed by atoms with van der Waals surface area (Å²) < 4.78 is 30.0. The number of ether oxygens (including phenoxy) is 5. The van der Waals surface area contributed by atoms with E-state index in [0.29, 0.717) is 25.7 Å². The van der Waals surface area contributed by atoms with Gasteiger partial charge in [-0.05, 0) is 90.7 Å². The van der Waals surface area contributed by atoms with Crippen molar-refractivity contribution >= 4 is 89.2 Å². The molecule has 0 aromatic heterocycles. The van der Waals surface area contributed by atoms with E-state index >= 15 is 0 Å². The Morgan fingerprint density at radius 3 is 1.47 bits per heavy atom. The molecule has 0 aromatic rings. The number of carbonyl (C=O) groups is 15. The molecular formula is C66H100N6O27. The Bertz CT molecular complexity index is 2980. The van der Waals surface area contributed by atoms with Gasteiger partial charge in [0.15, 0.2) is 29.5 Å². The summed E-state index contributed by atoms with van der Waals surface area (Å²) in [5.41, 5.74) is -0.816. The molecule has 3 aliphatic rings. The number of aliphatic hydroxyl groups is 2. The molecule has 2 aliphatic carbocycles. The zero-order valence-corrected chi connectivity index (χ0v) is 57.3. The Morgan fingerprint density at radius 1 is 0.596 bits per heavy atom. The zero-order chi connectivity index (χ0) is 74.5. The number of rotatable bonds is 46. The normalized spacial score (nSPS) is 23.2. The van der Waals surface area contributed by atoms with Crippen LogP contribution in [0.25, 0.3) is 0 Å². The van der Waals surface area contributed by atoms with Gasteiger partial charge in [0.1, 0.15) is 35.9 Å². The fraction of sp³-hybridized carbons (Fsp3) is 0.712. The summed E-state index contributed by atoms with van der Waals surface area (Å²) in [7, 11) is 0. The fourth-order valence-electron chi connectivity index (χ4n) is 12.1. The first-order chi connectivity index (χ1) is 46.4. The smallest absolute Gasteiger partial charge is 0.341 e. The van der Waals surface area contributed by atoms with E-state index in [1.165, 1.54) is 26.8 Å². The standard InChI is InChI=1S/C66H100N6O27/c1-8-10-11-17-20-24-51(81)96-55-53-52(37(4)54(55)97-62(91)36(3)9-2)56-66(94,65(7,93)63(92)98-56)44(35-64(53,6)99-38(5)73)95-50(80)23-21-18-15-13-12-14-16-19-22-33-68-48(77)34-39(67)57(82)72-43(61(89)90)27-31-47(76)70-41(59(85)86)25-29-45(74)69-40(58(83)84)26-30-46(75)71-42(60(87)88)28-32-49(78)79/h9,39-44,53-56,93-94H,8,10-35,67H2,1-7H3,(H,68,77)(H,69,74)(H,70,76)(H,71,75)(H,72,82)(H,78,79)(H,83,84)(H,85,86)(H,87,88)(H,89,90)/b36-9-/t39-,40-,41-,42-,43-,44-,53+,54-,55-,56-,64-,65+,66+/m0/s1. The largest absolute Gasteiger partial charge is 0.481 e. The van der Waals surface area contributed by atoms with Crippen LogP contribution >= 0.6 is 0 Å². The van der Waals surface area contributed by atoms with E-state index in [-0.39, 0.29) is 36.1 Å². The van der Waals surface area contributed by atoms with Gasteiger partial charge in [-0.25, -0.2) is 28.8 Å². The Balaban J connectivity index is 1.44. The van der Waals surface area contributed by atoms with Crippen LogP contribution in [-0.4, -0.2) is 203 Å². The maximum atomic E-state index is 13.7. The molecule has 0 aromatic carbocycles. The summed E-state index contributed by atoms with van der Waals surface area (Å²) in [6.45, 7) is 10.6. The molecule has 2 fully saturated rings. The van der Waals surface area contributed by atoms with Crippen molar-refractivity contribution in [2.75, 3.05) is 6.54 Å². The van der Waals surface area contributed by atoms with Crippen molar-refractivity contribution in [1.82, 2.24) is 26.6 Å². The number of hydrogen-bond acceptors (Lipinski definition) is 23. The van der Waals surface area contributed by atoms with E-state index in [2.05, 4.69) is 33.5 Å². The van der Waals surface area contributed by atoms with Crippen LogP contribution in [0.2, 0.25) is 0 Å². The second-order valence-corrected chi connectivity index (χ2v) is 25.7. The summed E-state index contributed by atoms with van der Waals surface area (Å²) in [5.74, 6) is -17.7. The number of unbranched alkanes of at least 4 members (excludes halogenated alkanes) is 12. The molecule has 14 N–H and O–H groups in total. The zero-order valence-electron chi connectivity index (χ0n) is 57.3. The number of fused-ring (bicyclic) bond motifs is 3. The minimum Gasteiger partial charge on any atom is -0.481 e. The quantitative estimate of drug-likeness (QED) is 0.0137. The van der Waals surface area contributed by atoms with E-state index in [9.17, 15) is 103 Å². The highest BCUT2D eigenvalue weighted by molar-refractivity contribution is 5.92. The lowest BCUT2D eigenvalue weighted by Gasteiger charge is -2.41. The van der Waals surface area contributed by atoms with E-state index in [1.54, 1.807) is 6.92 Å². The summed E-state index contributed by atoms with van der Waals surface area (Å²) in [6, 6.07) is -8.22. The molecule has 1 heterocycles. The van der Waals surface area contributed by atoms with Gasteiger partial charge in [-0.15, -0.1) is 0 Å². The average molecular weight is 1410 g/mol. The van der Waals surface area contributed by atoms with Crippen LogP contribution in [0.1, 0.15) is 215 Å². The van der Waals surface area contributed by atoms with Crippen LogP contribution in [0.3, 0.4) is 0 Å². The molecule has 556 valence electrons. The third-order valence-corrected chi connectivity index (χ3v) is 17.8. The molecule has 0 radical (unpaired) electrons. The van der Waals surface area contributed by atoms with Crippen molar-refractivity contribution in [2.24, 2.45) is 11.7 Å². The number of amides is 5. The molecule has 5 amide bonds. The Hall–Kier alpha value is -8.59. The maximum absolute atomic E-state index is 13.7. The van der Waals surface area contributed by atoms with Gasteiger partial charge >= 0.3 is 59.7 Å². The first kappa shape index (κ1) is 84.6. The van der Waals surface area contributed by atoms with Gasteiger partial charge in [0.25, 0.3) is 0 Å². The van der Waals surface area contributed by atoms with Crippen LogP contribution < -0.4 is 32.3 Å². The lowest BCUT2D eigenvalue weighted by Crippen LogP contribution is -2.64. The number of nitrogens with two attached hydrogens (primary N) is 1. The molecule has 1 saturated carbocycles. The predicted octanol–water partition coefficient (Wildman–Crippen LogP) is 2.35. The van der Waals surface area contributed by atoms with Crippen LogP contribution in [0.4, 0.5) is 0 Å². The van der Waals surface area contributed by atoms with Crippen molar-refractivity contribution in [1.29, 1.82) is 0 Å². The number of esters is 5. The first-order valence-corrected chi connectivity index (χ1v) is 33.6. The molecule has 0 bridgehead atoms. The molecule has 0 unspecified atom stereocenters. The monoisotopic (exact) mass is 1410 g/mol. The summed E-state index contributed by atoms with van der Waals surface area (Å²) >= 11 is 0. The van der Waals surface area contributed by atoms with Crippen molar-refractivity contribution in [3.05, 3.63) is 22.8 Å². The van der Waals surface area contributed by atoms with E-state index in [4.69, 9.17) is 34.5 Å². The van der Waals surface area contributed by atoms with Crippen LogP contribution in [0.5, 0.6) is 0 Å². The minimum absolute atomic E-state index is 0.00607. The van der Waals surface area contributed by atoms with Crippen molar-refractivity contribution in [3.8, 4) is 0 Å². The SMILES string of the molecule is C/C=C(/C)C(=O)O[C@H]1C(C)=C2[C@H]([C@@H]1OC(=O)CCCCCCC)[C@@](C)(OC(C)=O)C[C@H](OC(=O)CCCCCCCCCCCNC(=O)C[C@H](N)C(=O)N[C@@H](CCC(=O)N[C@@H](CCC(=O)N[C@@H](CCC(=O)N[C@@H](CCC(=O)O)C(=O)O)C(=O)O)C(=O)O)C(=O)O)[C@@]1(O)[C@H]2OC(=O)[C@@]1(C)O. The number of carbonyl (C=O) groups excluding carboxylic acids is 10. The highest BCUT2D eigenvalue weighted by Gasteiger charge is 2.76. The lowest BCUT2D eigenvalue weighted by atomic mass is 9.75. The van der Waals surface area contributed by atoms with Crippen molar-refractivity contribution in [2.45, 2.75) is 287 Å². The molecule has 1 aliphatic heterocycles. The van der Waals surface area contributed by atoms with Gasteiger partial charge in [0.05, 0.1) is 18.4 Å². The van der Waals surface area contributed by atoms with Crippen LogP contribution in [0.15, 0.2) is 22.8 Å². The molecule has 99 heavy (non-hydrogen) atoms. The summed E-state index contributed by atoms with van der Waals surface area (Å²) in [6.07, 6.45) is -0.0743. The number of carboxylic acid groups (broad SMARTS) is 5. The van der Waals surface area contributed by atoms with Gasteiger partial charge in [-0.1, -0.05) is 83.6 Å². The maximum Gasteiger partial charge on any atom is 0.341 e. The molecule has 33 nitrogen and oxygen atoms in total. The van der Waals surface area contributed by atoms with Gasteiger partial charge in [0.2, 0.25) is 29.5 Å². The third kappa shape index (κ3) is 25.9. The third-order valence-electron chi connectivity index (χ3n) is 17.8. The highest BCUT2D eigenvalue weighted by atomic mass is 16.6. The number of aliphatic carboxylic acids is 5. The van der Waals surface area contributed by atoms with Gasteiger partial charge in [-0.3, -0.25) is 43.2 Å². The Morgan fingerprint density at radius 2 is 1.03 bits per heavy atom. The van der Waals surface area contributed by atoms with Crippen molar-refractivity contribution < 1.29 is 131 Å². The Labute approximate surface area is 573 Å². The summed E-state index contributed by atoms with van der Waals surface area (Å²) in [4.78, 5) is 188. The van der Waals surface area contributed by atoms with E-state index < -0.39 is 231 Å². The predicted molar refractivity (Wildman–Crippen MR) is 343 cm³/mol. The number of allylic oxidation sites excluding steroid dienone is 1. The van der Waals surface area contributed by atoms with Crippen molar-refractivity contribution in [3.63, 3.8) is 0 Å². The summed E-state index contributed by atoms with van der Waals surface area (Å²) in [5, 5.41) is 82.6. The van der Waals surface area contributed by atoms with Crippen LogP contribution in [-0.2, 0) is 95.6 Å². The molecule has 33 heteroatoms. The highest BCUT2D eigenvalue weighted by Crippen LogP contribution is 2.57. The van der Waals surface area contributed by atoms with E-state index in [0.717, 1.165) is 78.1 Å². The average Bonchev–Trinajstić information content (AvgIpc) is 1.53. The number of hydrogen-bond donors (Lipinski definition) is 13. The van der Waals surface area contributed by atoms with Gasteiger partial charge < -0.3 is 91.7 Å². The fourth-order valence-corrected chi connectivity index (χ4v) is 12.1. The number of nitrogens with one attached hydrogen (secondary N) is 5. The van der Waals surface area contributed by atoms with E-state index in [1.807, 2.05) is 0 Å². The second kappa shape index (κ2) is 40.5. The van der Waals surface area contributed by atoms with Crippen LogP contribution in [0, 0.1) is 5.92 Å². The second-order valence-electron chi connectivity index (χ2n) is 25.7. The van der Waals surface area contributed by atoms with Gasteiger partial charge in [0, 0.05) is 64.0 Å². The minimum atomic E-state index is -2.70. The molecule has 13 atom stereocenters.